The monoisotopic (exact) mass is 257 g/mol. The van der Waals surface area contributed by atoms with E-state index in [2.05, 4.69) is 5.32 Å². The van der Waals surface area contributed by atoms with E-state index in [9.17, 15) is 14.7 Å². The summed E-state index contributed by atoms with van der Waals surface area (Å²) >= 11 is 0. The van der Waals surface area contributed by atoms with Gasteiger partial charge in [0, 0.05) is 6.54 Å². The first-order valence-corrected chi connectivity index (χ1v) is 6.49. The van der Waals surface area contributed by atoms with E-state index >= 15 is 0 Å². The van der Waals surface area contributed by atoms with Crippen LogP contribution in [-0.2, 0) is 9.59 Å². The second-order valence-corrected chi connectivity index (χ2v) is 5.70. The number of hydrogen-bond acceptors (Lipinski definition) is 3. The van der Waals surface area contributed by atoms with Crippen LogP contribution in [0.1, 0.15) is 40.0 Å². The molecular formula is C13H23NO4. The van der Waals surface area contributed by atoms with Gasteiger partial charge in [-0.05, 0) is 32.1 Å². The molecule has 2 unspecified atom stereocenters. The number of hydrogen-bond donors (Lipinski definition) is 3. The van der Waals surface area contributed by atoms with Gasteiger partial charge in [-0.25, -0.2) is 0 Å². The minimum atomic E-state index is -0.932. The average Bonchev–Trinajstić information content (AvgIpc) is 2.68. The van der Waals surface area contributed by atoms with E-state index in [4.69, 9.17) is 5.11 Å². The van der Waals surface area contributed by atoms with E-state index in [0.29, 0.717) is 19.3 Å². The molecule has 5 heteroatoms. The Morgan fingerprint density at radius 1 is 1.33 bits per heavy atom. The quantitative estimate of drug-likeness (QED) is 0.686. The van der Waals surface area contributed by atoms with E-state index in [1.807, 2.05) is 13.8 Å². The Hall–Kier alpha value is -1.10. The van der Waals surface area contributed by atoms with Crippen LogP contribution in [0.2, 0.25) is 0 Å². The van der Waals surface area contributed by atoms with E-state index in [0.717, 1.165) is 0 Å². The minimum Gasteiger partial charge on any atom is -0.481 e. The van der Waals surface area contributed by atoms with Gasteiger partial charge < -0.3 is 15.5 Å². The number of nitrogens with one attached hydrogen (secondary N) is 1. The maximum atomic E-state index is 12.0. The Labute approximate surface area is 108 Å². The molecule has 3 N–H and O–H groups in total. The third-order valence-electron chi connectivity index (χ3n) is 3.86. The number of carbonyl (C=O) groups excluding carboxylic acids is 1. The molecule has 1 aliphatic carbocycles. The van der Waals surface area contributed by atoms with E-state index in [-0.39, 0.29) is 18.4 Å². The number of amides is 1. The van der Waals surface area contributed by atoms with Crippen molar-refractivity contribution < 1.29 is 19.8 Å². The van der Waals surface area contributed by atoms with Crippen molar-refractivity contribution in [1.82, 2.24) is 5.32 Å². The first kappa shape index (κ1) is 15.0. The average molecular weight is 257 g/mol. The number of carbonyl (C=O) groups is 2. The van der Waals surface area contributed by atoms with Gasteiger partial charge in [-0.1, -0.05) is 13.8 Å². The summed E-state index contributed by atoms with van der Waals surface area (Å²) in [5, 5.41) is 21.6. The molecular weight excluding hydrogens is 234 g/mol. The third kappa shape index (κ3) is 3.70. The van der Waals surface area contributed by atoms with E-state index < -0.39 is 23.4 Å². The van der Waals surface area contributed by atoms with Crippen LogP contribution >= 0.6 is 0 Å². The van der Waals surface area contributed by atoms with E-state index in [1.165, 1.54) is 0 Å². The lowest BCUT2D eigenvalue weighted by Gasteiger charge is -2.23. The topological polar surface area (TPSA) is 86.6 Å². The SMILES string of the molecule is CCC(C)(O)CNC(=O)[C@H]1CC(C)C[C@H]1C(=O)O. The standard InChI is InChI=1S/C13H23NO4/c1-4-13(3,18)7-14-11(15)9-5-8(2)6-10(9)12(16)17/h8-10,18H,4-7H2,1-3H3,(H,14,15)(H,16,17)/t8?,9-,10+,13?/m0/s1. The number of aliphatic hydroxyl groups is 1. The maximum absolute atomic E-state index is 12.0. The van der Waals surface area contributed by atoms with Gasteiger partial charge in [0.25, 0.3) is 0 Å². The number of aliphatic carboxylic acids is 1. The highest BCUT2D eigenvalue weighted by atomic mass is 16.4. The van der Waals surface area contributed by atoms with Gasteiger partial charge in [0.2, 0.25) is 5.91 Å². The van der Waals surface area contributed by atoms with Gasteiger partial charge in [-0.2, -0.15) is 0 Å². The molecule has 0 saturated heterocycles. The molecule has 1 saturated carbocycles. The van der Waals surface area contributed by atoms with Gasteiger partial charge in [-0.15, -0.1) is 0 Å². The lowest BCUT2D eigenvalue weighted by Crippen LogP contribution is -2.43. The fourth-order valence-corrected chi connectivity index (χ4v) is 2.39. The Balaban J connectivity index is 2.58. The molecule has 18 heavy (non-hydrogen) atoms. The first-order chi connectivity index (χ1) is 8.26. The zero-order valence-electron chi connectivity index (χ0n) is 11.3. The molecule has 104 valence electrons. The molecule has 0 aliphatic heterocycles. The van der Waals surface area contributed by atoms with Crippen molar-refractivity contribution in [2.24, 2.45) is 17.8 Å². The molecule has 4 atom stereocenters. The summed E-state index contributed by atoms with van der Waals surface area (Å²) < 4.78 is 0. The van der Waals surface area contributed by atoms with Crippen LogP contribution < -0.4 is 5.32 Å². The van der Waals surface area contributed by atoms with E-state index in [1.54, 1.807) is 6.92 Å². The molecule has 0 radical (unpaired) electrons. The molecule has 1 aliphatic rings. The lowest BCUT2D eigenvalue weighted by atomic mass is 9.95. The zero-order chi connectivity index (χ0) is 13.9. The van der Waals surface area contributed by atoms with Crippen molar-refractivity contribution in [2.45, 2.75) is 45.6 Å². The molecule has 1 rings (SSSR count). The first-order valence-electron chi connectivity index (χ1n) is 6.49. The summed E-state index contributed by atoms with van der Waals surface area (Å²) in [7, 11) is 0. The smallest absolute Gasteiger partial charge is 0.307 e. The predicted molar refractivity (Wildman–Crippen MR) is 66.9 cm³/mol. The molecule has 1 fully saturated rings. The molecule has 0 heterocycles. The van der Waals surface area contributed by atoms with Gasteiger partial charge in [0.15, 0.2) is 0 Å². The summed E-state index contributed by atoms with van der Waals surface area (Å²) in [6.07, 6.45) is 1.70. The molecule has 5 nitrogen and oxygen atoms in total. The van der Waals surface area contributed by atoms with Gasteiger partial charge in [-0.3, -0.25) is 9.59 Å². The largest absolute Gasteiger partial charge is 0.481 e. The number of rotatable bonds is 5. The van der Waals surface area contributed by atoms with Crippen molar-refractivity contribution in [1.29, 1.82) is 0 Å². The van der Waals surface area contributed by atoms with Crippen molar-refractivity contribution >= 4 is 11.9 Å². The Kier molecular flexibility index (Phi) is 4.73. The van der Waals surface area contributed by atoms with Crippen LogP contribution in [0, 0.1) is 17.8 Å². The summed E-state index contributed by atoms with van der Waals surface area (Å²) in [4.78, 5) is 23.1. The molecule has 0 aromatic rings. The van der Waals surface area contributed by atoms with Gasteiger partial charge in [0.1, 0.15) is 0 Å². The second kappa shape index (κ2) is 5.69. The van der Waals surface area contributed by atoms with Crippen molar-refractivity contribution in [3.05, 3.63) is 0 Å². The predicted octanol–water partition coefficient (Wildman–Crippen LogP) is 1.01. The summed E-state index contributed by atoms with van der Waals surface area (Å²) in [5.74, 6) is -1.95. The Morgan fingerprint density at radius 3 is 2.39 bits per heavy atom. The van der Waals surface area contributed by atoms with Crippen LogP contribution in [0.4, 0.5) is 0 Å². The summed E-state index contributed by atoms with van der Waals surface area (Å²) in [6, 6.07) is 0. The van der Waals surface area contributed by atoms with Gasteiger partial charge >= 0.3 is 5.97 Å². The van der Waals surface area contributed by atoms with Crippen molar-refractivity contribution in [3.63, 3.8) is 0 Å². The highest BCUT2D eigenvalue weighted by Gasteiger charge is 2.41. The van der Waals surface area contributed by atoms with Crippen LogP contribution in [0.25, 0.3) is 0 Å². The summed E-state index contributed by atoms with van der Waals surface area (Å²) in [6.45, 7) is 5.62. The second-order valence-electron chi connectivity index (χ2n) is 5.70. The Bertz CT molecular complexity index is 327. The molecule has 0 aromatic carbocycles. The maximum Gasteiger partial charge on any atom is 0.307 e. The molecule has 0 bridgehead atoms. The summed E-state index contributed by atoms with van der Waals surface area (Å²) in [5.41, 5.74) is -0.932. The minimum absolute atomic E-state index is 0.166. The van der Waals surface area contributed by atoms with Crippen molar-refractivity contribution in [3.8, 4) is 0 Å². The lowest BCUT2D eigenvalue weighted by molar-refractivity contribution is -0.146. The highest BCUT2D eigenvalue weighted by Crippen LogP contribution is 2.36. The van der Waals surface area contributed by atoms with Gasteiger partial charge in [0.05, 0.1) is 17.4 Å². The highest BCUT2D eigenvalue weighted by molar-refractivity contribution is 5.85. The molecule has 1 amide bonds. The van der Waals surface area contributed by atoms with Crippen LogP contribution in [0.15, 0.2) is 0 Å². The number of carboxylic acids is 1. The fourth-order valence-electron chi connectivity index (χ4n) is 2.39. The molecule has 0 aromatic heterocycles. The number of carboxylic acid groups (broad SMARTS) is 1. The normalized spacial score (nSPS) is 30.8. The van der Waals surface area contributed by atoms with Crippen LogP contribution in [0.5, 0.6) is 0 Å². The molecule has 0 spiro atoms. The Morgan fingerprint density at radius 2 is 1.89 bits per heavy atom. The zero-order valence-corrected chi connectivity index (χ0v) is 11.3. The third-order valence-corrected chi connectivity index (χ3v) is 3.86. The fraction of sp³-hybridized carbons (Fsp3) is 0.846. The van der Waals surface area contributed by atoms with Crippen LogP contribution in [-0.4, -0.2) is 34.2 Å². The van der Waals surface area contributed by atoms with Crippen molar-refractivity contribution in [2.75, 3.05) is 6.54 Å². The van der Waals surface area contributed by atoms with Crippen LogP contribution in [0.3, 0.4) is 0 Å².